The molecule has 0 atom stereocenters. The third-order valence-corrected chi connectivity index (χ3v) is 7.09. The zero-order valence-electron chi connectivity index (χ0n) is 15.7. The number of rotatable bonds is 3. The molecule has 0 radical (unpaired) electrons. The van der Waals surface area contributed by atoms with Crippen LogP contribution in [0.1, 0.15) is 38.5 Å². The van der Waals surface area contributed by atoms with Crippen LogP contribution < -0.4 is 5.32 Å². The fourth-order valence-electron chi connectivity index (χ4n) is 6.27. The van der Waals surface area contributed by atoms with Gasteiger partial charge in [0.1, 0.15) is 5.52 Å². The van der Waals surface area contributed by atoms with Gasteiger partial charge in [0.25, 0.3) is 0 Å². The van der Waals surface area contributed by atoms with Crippen LogP contribution in [0.5, 0.6) is 0 Å². The number of aromatic nitrogens is 2. The minimum atomic E-state index is -0.146. The number of amides is 1. The van der Waals surface area contributed by atoms with Crippen LogP contribution in [0, 0.1) is 23.2 Å². The van der Waals surface area contributed by atoms with Crippen molar-refractivity contribution in [3.8, 4) is 11.5 Å². The highest BCUT2D eigenvalue weighted by atomic mass is 16.3. The van der Waals surface area contributed by atoms with Gasteiger partial charge in [0.05, 0.1) is 5.41 Å². The Hall–Kier alpha value is -2.69. The third kappa shape index (κ3) is 2.56. The SMILES string of the molecule is O=C(Nc1ccc2nc(-c3ccncc3)oc2c1)C12CC3CC(CC(C3)C1)C2. The molecule has 1 aromatic carbocycles. The zero-order chi connectivity index (χ0) is 18.7. The monoisotopic (exact) mass is 373 g/mol. The van der Waals surface area contributed by atoms with E-state index in [1.165, 1.54) is 19.3 Å². The van der Waals surface area contributed by atoms with Crippen LogP contribution in [-0.2, 0) is 4.79 Å². The first-order chi connectivity index (χ1) is 13.7. The molecule has 0 unspecified atom stereocenters. The molecule has 0 spiro atoms. The molecule has 1 N–H and O–H groups in total. The van der Waals surface area contributed by atoms with Crippen LogP contribution >= 0.6 is 0 Å². The Morgan fingerprint density at radius 2 is 1.68 bits per heavy atom. The van der Waals surface area contributed by atoms with Gasteiger partial charge < -0.3 is 9.73 Å². The highest BCUT2D eigenvalue weighted by Gasteiger charge is 2.54. The summed E-state index contributed by atoms with van der Waals surface area (Å²) in [5.74, 6) is 3.06. The molecule has 3 aromatic rings. The highest BCUT2D eigenvalue weighted by molar-refractivity contribution is 5.97. The van der Waals surface area contributed by atoms with Gasteiger partial charge in [-0.05, 0) is 80.5 Å². The molecule has 5 nitrogen and oxygen atoms in total. The number of pyridine rings is 1. The Labute approximate surface area is 163 Å². The number of nitrogens with one attached hydrogen (secondary N) is 1. The van der Waals surface area contributed by atoms with Crippen LogP contribution in [0.15, 0.2) is 47.1 Å². The number of carbonyl (C=O) groups is 1. The standard InChI is InChI=1S/C23H23N3O2/c27-22(23-11-14-7-15(12-23)9-16(8-14)13-23)25-18-1-2-19-20(10-18)28-21(26-19)17-3-5-24-6-4-17/h1-6,10,14-16H,7-9,11-13H2,(H,25,27). The smallest absolute Gasteiger partial charge is 0.230 e. The number of nitrogens with zero attached hydrogens (tertiary/aromatic N) is 2. The summed E-state index contributed by atoms with van der Waals surface area (Å²) in [5.41, 5.74) is 3.03. The molecular formula is C23H23N3O2. The van der Waals surface area contributed by atoms with E-state index in [9.17, 15) is 4.79 Å². The molecule has 0 saturated heterocycles. The second kappa shape index (κ2) is 5.90. The average molecular weight is 373 g/mol. The van der Waals surface area contributed by atoms with Crippen molar-refractivity contribution in [1.29, 1.82) is 0 Å². The molecule has 4 aliphatic rings. The van der Waals surface area contributed by atoms with Gasteiger partial charge in [0.2, 0.25) is 11.8 Å². The van der Waals surface area contributed by atoms with Crippen molar-refractivity contribution in [2.45, 2.75) is 38.5 Å². The van der Waals surface area contributed by atoms with Crippen LogP contribution in [0.3, 0.4) is 0 Å². The number of anilines is 1. The Balaban J connectivity index is 1.27. The lowest BCUT2D eigenvalue weighted by atomic mass is 9.49. The normalized spacial score (nSPS) is 30.6. The van der Waals surface area contributed by atoms with E-state index in [1.807, 2.05) is 30.3 Å². The molecular weight excluding hydrogens is 350 g/mol. The lowest BCUT2D eigenvalue weighted by molar-refractivity contribution is -0.140. The fourth-order valence-corrected chi connectivity index (χ4v) is 6.27. The van der Waals surface area contributed by atoms with Crippen molar-refractivity contribution >= 4 is 22.7 Å². The summed E-state index contributed by atoms with van der Waals surface area (Å²) in [5, 5.41) is 3.20. The van der Waals surface area contributed by atoms with Gasteiger partial charge in [-0.3, -0.25) is 9.78 Å². The van der Waals surface area contributed by atoms with Gasteiger partial charge in [-0.15, -0.1) is 0 Å². The molecule has 142 valence electrons. The van der Waals surface area contributed by atoms with Crippen molar-refractivity contribution in [3.63, 3.8) is 0 Å². The van der Waals surface area contributed by atoms with Crippen molar-refractivity contribution in [1.82, 2.24) is 9.97 Å². The molecule has 1 amide bonds. The van der Waals surface area contributed by atoms with Crippen molar-refractivity contribution in [3.05, 3.63) is 42.7 Å². The van der Waals surface area contributed by atoms with Crippen LogP contribution in [0.4, 0.5) is 5.69 Å². The summed E-state index contributed by atoms with van der Waals surface area (Å²) >= 11 is 0. The van der Waals surface area contributed by atoms with Crippen LogP contribution in [0.2, 0.25) is 0 Å². The Kier molecular flexibility index (Phi) is 3.43. The van der Waals surface area contributed by atoms with Crippen LogP contribution in [-0.4, -0.2) is 15.9 Å². The number of hydrogen-bond donors (Lipinski definition) is 1. The van der Waals surface area contributed by atoms with Gasteiger partial charge in [-0.1, -0.05) is 0 Å². The topological polar surface area (TPSA) is 68.0 Å². The first-order valence-electron chi connectivity index (χ1n) is 10.3. The van der Waals surface area contributed by atoms with Gasteiger partial charge in [0.15, 0.2) is 5.58 Å². The summed E-state index contributed by atoms with van der Waals surface area (Å²) < 4.78 is 5.94. The summed E-state index contributed by atoms with van der Waals surface area (Å²) in [6.45, 7) is 0. The lowest BCUT2D eigenvalue weighted by Crippen LogP contribution is -2.51. The number of hydrogen-bond acceptors (Lipinski definition) is 4. The Bertz CT molecular complexity index is 1020. The Morgan fingerprint density at radius 3 is 2.36 bits per heavy atom. The molecule has 2 heterocycles. The number of fused-ring (bicyclic) bond motifs is 1. The molecule has 0 aliphatic heterocycles. The van der Waals surface area contributed by atoms with Gasteiger partial charge in [-0.25, -0.2) is 4.98 Å². The van der Waals surface area contributed by atoms with Crippen LogP contribution in [0.25, 0.3) is 22.6 Å². The van der Waals surface area contributed by atoms with E-state index < -0.39 is 0 Å². The fraction of sp³-hybridized carbons (Fsp3) is 0.435. The maximum atomic E-state index is 13.3. The molecule has 4 aliphatic carbocycles. The van der Waals surface area contributed by atoms with Gasteiger partial charge in [0, 0.05) is 29.7 Å². The maximum absolute atomic E-state index is 13.3. The van der Waals surface area contributed by atoms with E-state index >= 15 is 0 Å². The molecule has 28 heavy (non-hydrogen) atoms. The lowest BCUT2D eigenvalue weighted by Gasteiger charge is -2.55. The van der Waals surface area contributed by atoms with Gasteiger partial charge >= 0.3 is 0 Å². The highest BCUT2D eigenvalue weighted by Crippen LogP contribution is 2.60. The maximum Gasteiger partial charge on any atom is 0.230 e. The first kappa shape index (κ1) is 16.3. The molecule has 7 rings (SSSR count). The van der Waals surface area contributed by atoms with E-state index in [0.29, 0.717) is 11.5 Å². The van der Waals surface area contributed by atoms with Gasteiger partial charge in [-0.2, -0.15) is 0 Å². The second-order valence-corrected chi connectivity index (χ2v) is 9.09. The predicted molar refractivity (Wildman–Crippen MR) is 106 cm³/mol. The minimum Gasteiger partial charge on any atom is -0.436 e. The molecule has 5 heteroatoms. The summed E-state index contributed by atoms with van der Waals surface area (Å²) in [7, 11) is 0. The second-order valence-electron chi connectivity index (χ2n) is 9.09. The Morgan fingerprint density at radius 1 is 1.00 bits per heavy atom. The van der Waals surface area contributed by atoms with E-state index in [1.54, 1.807) is 12.4 Å². The first-order valence-corrected chi connectivity index (χ1v) is 10.3. The zero-order valence-corrected chi connectivity index (χ0v) is 15.7. The number of benzene rings is 1. The van der Waals surface area contributed by atoms with Crippen molar-refractivity contribution in [2.75, 3.05) is 5.32 Å². The molecule has 4 bridgehead atoms. The molecule has 2 aromatic heterocycles. The summed E-state index contributed by atoms with van der Waals surface area (Å²) in [6.07, 6.45) is 10.7. The number of carbonyl (C=O) groups excluding carboxylic acids is 1. The van der Waals surface area contributed by atoms with E-state index in [4.69, 9.17) is 4.42 Å². The van der Waals surface area contributed by atoms with Crippen molar-refractivity contribution in [2.24, 2.45) is 23.2 Å². The number of oxazole rings is 1. The predicted octanol–water partition coefficient (Wildman–Crippen LogP) is 5.04. The quantitative estimate of drug-likeness (QED) is 0.698. The largest absolute Gasteiger partial charge is 0.436 e. The summed E-state index contributed by atoms with van der Waals surface area (Å²) in [6, 6.07) is 9.49. The molecule has 4 fully saturated rings. The minimum absolute atomic E-state index is 0.146. The van der Waals surface area contributed by atoms with E-state index in [-0.39, 0.29) is 11.3 Å². The third-order valence-electron chi connectivity index (χ3n) is 7.09. The van der Waals surface area contributed by atoms with E-state index in [0.717, 1.165) is 53.8 Å². The molecule has 4 saturated carbocycles. The van der Waals surface area contributed by atoms with E-state index in [2.05, 4.69) is 15.3 Å². The summed E-state index contributed by atoms with van der Waals surface area (Å²) in [4.78, 5) is 21.8. The van der Waals surface area contributed by atoms with Crippen molar-refractivity contribution < 1.29 is 9.21 Å². The average Bonchev–Trinajstić information content (AvgIpc) is 3.11.